The number of amides is 2. The van der Waals surface area contributed by atoms with Crippen molar-refractivity contribution in [3.63, 3.8) is 0 Å². The van der Waals surface area contributed by atoms with Crippen molar-refractivity contribution >= 4 is 33.2 Å². The fourth-order valence-electron chi connectivity index (χ4n) is 2.51. The molecule has 2 heterocycles. The van der Waals surface area contributed by atoms with Crippen molar-refractivity contribution in [3.8, 4) is 5.75 Å². The Bertz CT molecular complexity index is 996. The van der Waals surface area contributed by atoms with Gasteiger partial charge in [-0.3, -0.25) is 9.59 Å². The van der Waals surface area contributed by atoms with Gasteiger partial charge in [-0.25, -0.2) is 13.1 Å². The Morgan fingerprint density at radius 1 is 1.31 bits per heavy atom. The van der Waals surface area contributed by atoms with Crippen LogP contribution in [0.1, 0.15) is 17.4 Å². The predicted octanol–water partition coefficient (Wildman–Crippen LogP) is 0.905. The van der Waals surface area contributed by atoms with Crippen LogP contribution in [-0.2, 0) is 21.9 Å². The molecular weight excluding hydrogens is 360 g/mol. The number of nitrogens with zero attached hydrogens (tertiary/aromatic N) is 1. The Balaban J connectivity index is 1.83. The molecule has 9 nitrogen and oxygen atoms in total. The smallest absolute Gasteiger partial charge is 0.272 e. The molecule has 1 aliphatic rings. The summed E-state index contributed by atoms with van der Waals surface area (Å²) in [7, 11) is -0.771. The number of anilines is 2. The summed E-state index contributed by atoms with van der Waals surface area (Å²) in [6.07, 6.45) is 0.766. The van der Waals surface area contributed by atoms with E-state index in [2.05, 4.69) is 15.4 Å². The number of hydrogen-bond acceptors (Lipinski definition) is 5. The van der Waals surface area contributed by atoms with Crippen molar-refractivity contribution < 1.29 is 22.7 Å². The lowest BCUT2D eigenvalue weighted by Gasteiger charge is -2.23. The standard InChI is InChI=1S/C16H18N4O5S/c1-9-15(21)19-12-6-10(4-5-14(12)25-9)18-16(22)13-7-11(8-20(13)3)26(23,24)17-2/h4-9,17H,1-3H3,(H,18,22)(H,19,21)/t9-/m0/s1. The van der Waals surface area contributed by atoms with Crippen LogP contribution in [0.4, 0.5) is 11.4 Å². The van der Waals surface area contributed by atoms with Crippen LogP contribution in [0.5, 0.6) is 5.75 Å². The summed E-state index contributed by atoms with van der Waals surface area (Å²) in [4.78, 5) is 24.2. The zero-order chi connectivity index (χ0) is 19.1. The molecule has 26 heavy (non-hydrogen) atoms. The maximum Gasteiger partial charge on any atom is 0.272 e. The van der Waals surface area contributed by atoms with Gasteiger partial charge in [0.1, 0.15) is 16.3 Å². The quantitative estimate of drug-likeness (QED) is 0.731. The molecule has 1 atom stereocenters. The average molecular weight is 378 g/mol. The predicted molar refractivity (Wildman–Crippen MR) is 94.8 cm³/mol. The van der Waals surface area contributed by atoms with Gasteiger partial charge in [-0.1, -0.05) is 0 Å². The van der Waals surface area contributed by atoms with Crippen molar-refractivity contribution in [1.29, 1.82) is 0 Å². The Kier molecular flexibility index (Phi) is 4.46. The number of benzene rings is 1. The number of aromatic nitrogens is 1. The summed E-state index contributed by atoms with van der Waals surface area (Å²) in [5.41, 5.74) is 1.06. The van der Waals surface area contributed by atoms with Crippen molar-refractivity contribution in [3.05, 3.63) is 36.2 Å². The Morgan fingerprint density at radius 2 is 2.04 bits per heavy atom. The number of fused-ring (bicyclic) bond motifs is 1. The Hall–Kier alpha value is -2.85. The molecule has 0 spiro atoms. The molecule has 2 amide bonds. The van der Waals surface area contributed by atoms with E-state index in [1.165, 1.54) is 23.9 Å². The highest BCUT2D eigenvalue weighted by atomic mass is 32.2. The molecule has 10 heteroatoms. The molecule has 0 fully saturated rings. The molecule has 0 aliphatic carbocycles. The van der Waals surface area contributed by atoms with Gasteiger partial charge in [0.2, 0.25) is 10.0 Å². The van der Waals surface area contributed by atoms with Crippen LogP contribution < -0.4 is 20.1 Å². The van der Waals surface area contributed by atoms with Crippen LogP contribution >= 0.6 is 0 Å². The first kappa shape index (κ1) is 18.0. The minimum Gasteiger partial charge on any atom is -0.479 e. The number of hydrogen-bond donors (Lipinski definition) is 3. The molecule has 3 rings (SSSR count). The summed E-state index contributed by atoms with van der Waals surface area (Å²) in [6.45, 7) is 1.64. The summed E-state index contributed by atoms with van der Waals surface area (Å²) >= 11 is 0. The van der Waals surface area contributed by atoms with E-state index < -0.39 is 22.0 Å². The van der Waals surface area contributed by atoms with Crippen LogP contribution in [0.25, 0.3) is 0 Å². The molecule has 2 aromatic rings. The maximum atomic E-state index is 12.5. The minimum atomic E-state index is -3.64. The molecule has 0 unspecified atom stereocenters. The van der Waals surface area contributed by atoms with Crippen LogP contribution in [-0.4, -0.2) is 38.0 Å². The second-order valence-electron chi connectivity index (χ2n) is 5.79. The highest BCUT2D eigenvalue weighted by molar-refractivity contribution is 7.89. The lowest BCUT2D eigenvalue weighted by Crippen LogP contribution is -2.34. The average Bonchev–Trinajstić information content (AvgIpc) is 2.99. The monoisotopic (exact) mass is 378 g/mol. The van der Waals surface area contributed by atoms with Crippen molar-refractivity contribution in [2.24, 2.45) is 7.05 Å². The van der Waals surface area contributed by atoms with Crippen molar-refractivity contribution in [2.45, 2.75) is 17.9 Å². The van der Waals surface area contributed by atoms with E-state index in [0.29, 0.717) is 17.1 Å². The summed E-state index contributed by atoms with van der Waals surface area (Å²) in [6, 6.07) is 6.13. The zero-order valence-electron chi connectivity index (χ0n) is 14.4. The first-order valence-electron chi connectivity index (χ1n) is 7.74. The first-order chi connectivity index (χ1) is 12.2. The number of carbonyl (C=O) groups excluding carboxylic acids is 2. The molecule has 0 saturated heterocycles. The highest BCUT2D eigenvalue weighted by Gasteiger charge is 2.24. The topological polar surface area (TPSA) is 119 Å². The fourth-order valence-corrected chi connectivity index (χ4v) is 3.31. The van der Waals surface area contributed by atoms with E-state index >= 15 is 0 Å². The molecule has 0 saturated carbocycles. The second kappa shape index (κ2) is 6.46. The minimum absolute atomic E-state index is 0.00672. The number of carbonyl (C=O) groups is 2. The van der Waals surface area contributed by atoms with E-state index in [9.17, 15) is 18.0 Å². The first-order valence-corrected chi connectivity index (χ1v) is 9.22. The van der Waals surface area contributed by atoms with E-state index in [0.717, 1.165) is 0 Å². The third-order valence-electron chi connectivity index (χ3n) is 3.96. The molecule has 1 aliphatic heterocycles. The van der Waals surface area contributed by atoms with E-state index in [1.807, 2.05) is 0 Å². The lowest BCUT2D eigenvalue weighted by atomic mass is 10.2. The van der Waals surface area contributed by atoms with Crippen LogP contribution in [0, 0.1) is 0 Å². The van der Waals surface area contributed by atoms with Gasteiger partial charge in [0.25, 0.3) is 11.8 Å². The Labute approximate surface area is 150 Å². The number of rotatable bonds is 4. The third kappa shape index (κ3) is 3.28. The van der Waals surface area contributed by atoms with Gasteiger partial charge in [-0.2, -0.15) is 0 Å². The van der Waals surface area contributed by atoms with Crippen LogP contribution in [0.3, 0.4) is 0 Å². The van der Waals surface area contributed by atoms with Gasteiger partial charge in [0, 0.05) is 18.9 Å². The maximum absolute atomic E-state index is 12.5. The van der Waals surface area contributed by atoms with E-state index in [4.69, 9.17) is 4.74 Å². The molecule has 0 bridgehead atoms. The molecular formula is C16H18N4O5S. The fraction of sp³-hybridized carbons (Fsp3) is 0.250. The van der Waals surface area contributed by atoms with E-state index in [1.54, 1.807) is 32.2 Å². The van der Waals surface area contributed by atoms with Crippen LogP contribution in [0.15, 0.2) is 35.4 Å². The van der Waals surface area contributed by atoms with Gasteiger partial charge < -0.3 is 19.9 Å². The number of aryl methyl sites for hydroxylation is 1. The van der Waals surface area contributed by atoms with Gasteiger partial charge in [-0.05, 0) is 38.2 Å². The number of sulfonamides is 1. The second-order valence-corrected chi connectivity index (χ2v) is 7.68. The number of nitrogens with one attached hydrogen (secondary N) is 3. The van der Waals surface area contributed by atoms with Gasteiger partial charge >= 0.3 is 0 Å². The molecule has 1 aromatic heterocycles. The van der Waals surface area contributed by atoms with Crippen molar-refractivity contribution in [1.82, 2.24) is 9.29 Å². The molecule has 138 valence electrons. The summed E-state index contributed by atoms with van der Waals surface area (Å²) < 4.78 is 32.8. The SMILES string of the molecule is CNS(=O)(=O)c1cc(C(=O)Nc2ccc3c(c2)NC(=O)[C@H](C)O3)n(C)c1. The highest BCUT2D eigenvalue weighted by Crippen LogP contribution is 2.32. The molecule has 0 radical (unpaired) electrons. The van der Waals surface area contributed by atoms with Gasteiger partial charge in [0.05, 0.1) is 5.69 Å². The van der Waals surface area contributed by atoms with Gasteiger partial charge in [0.15, 0.2) is 6.10 Å². The van der Waals surface area contributed by atoms with E-state index in [-0.39, 0.29) is 16.5 Å². The molecule has 3 N–H and O–H groups in total. The van der Waals surface area contributed by atoms with Crippen molar-refractivity contribution in [2.75, 3.05) is 17.7 Å². The van der Waals surface area contributed by atoms with Gasteiger partial charge in [-0.15, -0.1) is 0 Å². The lowest BCUT2D eigenvalue weighted by molar-refractivity contribution is -0.122. The Morgan fingerprint density at radius 3 is 2.73 bits per heavy atom. The zero-order valence-corrected chi connectivity index (χ0v) is 15.2. The molecule has 1 aromatic carbocycles. The summed E-state index contributed by atoms with van der Waals surface area (Å²) in [5.74, 6) is -0.247. The summed E-state index contributed by atoms with van der Waals surface area (Å²) in [5, 5.41) is 5.37. The van der Waals surface area contributed by atoms with Crippen LogP contribution in [0.2, 0.25) is 0 Å². The number of ether oxygens (including phenoxy) is 1. The third-order valence-corrected chi connectivity index (χ3v) is 5.34. The largest absolute Gasteiger partial charge is 0.479 e. The normalized spacial score (nSPS) is 16.4.